The molecule has 1 saturated heterocycles. The monoisotopic (exact) mass is 298 g/mol. The molecule has 4 heteroatoms. The van der Waals surface area contributed by atoms with Crippen LogP contribution in [0.3, 0.4) is 0 Å². The summed E-state index contributed by atoms with van der Waals surface area (Å²) < 4.78 is 6.43. The topological polar surface area (TPSA) is 24.5 Å². The van der Waals surface area contributed by atoms with Crippen molar-refractivity contribution in [3.63, 3.8) is 0 Å². The summed E-state index contributed by atoms with van der Waals surface area (Å²) in [4.78, 5) is 2.50. The number of methoxy groups -OCH3 is 1. The summed E-state index contributed by atoms with van der Waals surface area (Å²) in [6.45, 7) is 6.48. The smallest absolute Gasteiger partial charge is 0.119 e. The molecule has 2 rings (SSSR count). The molecule has 0 unspecified atom stereocenters. The maximum absolute atomic E-state index is 5.27. The first kappa shape index (κ1) is 12.9. The number of halogens is 1. The molecule has 1 aliphatic heterocycles. The molecule has 3 nitrogen and oxygen atoms in total. The first-order chi connectivity index (χ1) is 8.24. The van der Waals surface area contributed by atoms with Gasteiger partial charge < -0.3 is 10.1 Å². The molecule has 1 N–H and O–H groups in total. The molecule has 94 valence electrons. The molecule has 0 bridgehead atoms. The van der Waals surface area contributed by atoms with Crippen LogP contribution in [-0.4, -0.2) is 37.7 Å². The van der Waals surface area contributed by atoms with Gasteiger partial charge in [-0.1, -0.05) is 22.9 Å². The van der Waals surface area contributed by atoms with E-state index in [9.17, 15) is 0 Å². The average Bonchev–Trinajstić information content (AvgIpc) is 2.28. The molecule has 1 fully saturated rings. The fourth-order valence-corrected chi connectivity index (χ4v) is 2.42. The SMILES string of the molecule is CCN(Cc1cc(OC)ccc1Br)C1CNC1. The van der Waals surface area contributed by atoms with Gasteiger partial charge in [-0.15, -0.1) is 0 Å². The van der Waals surface area contributed by atoms with Crippen molar-refractivity contribution in [3.05, 3.63) is 28.2 Å². The molecule has 0 amide bonds. The quantitative estimate of drug-likeness (QED) is 0.902. The van der Waals surface area contributed by atoms with Crippen molar-refractivity contribution in [2.75, 3.05) is 26.7 Å². The van der Waals surface area contributed by atoms with Gasteiger partial charge in [0.1, 0.15) is 5.75 Å². The van der Waals surface area contributed by atoms with Gasteiger partial charge in [-0.3, -0.25) is 4.90 Å². The second-order valence-corrected chi connectivity index (χ2v) is 5.19. The Morgan fingerprint density at radius 1 is 1.47 bits per heavy atom. The van der Waals surface area contributed by atoms with Gasteiger partial charge in [0.2, 0.25) is 0 Å². The Bertz CT molecular complexity index is 380. The van der Waals surface area contributed by atoms with Crippen molar-refractivity contribution in [3.8, 4) is 5.75 Å². The molecule has 0 spiro atoms. The highest BCUT2D eigenvalue weighted by molar-refractivity contribution is 9.10. The van der Waals surface area contributed by atoms with Gasteiger partial charge in [0, 0.05) is 30.1 Å². The van der Waals surface area contributed by atoms with Crippen molar-refractivity contribution >= 4 is 15.9 Å². The predicted octanol–water partition coefficient (Wildman–Crippen LogP) is 2.25. The Kier molecular flexibility index (Phi) is 4.42. The molecule has 1 aromatic rings. The van der Waals surface area contributed by atoms with Crippen molar-refractivity contribution < 1.29 is 4.74 Å². The zero-order chi connectivity index (χ0) is 12.3. The maximum Gasteiger partial charge on any atom is 0.119 e. The fraction of sp³-hybridized carbons (Fsp3) is 0.538. The summed E-state index contributed by atoms with van der Waals surface area (Å²) in [5.74, 6) is 0.922. The molecule has 0 radical (unpaired) electrons. The van der Waals surface area contributed by atoms with E-state index in [2.05, 4.69) is 45.2 Å². The summed E-state index contributed by atoms with van der Waals surface area (Å²) in [6, 6.07) is 6.83. The van der Waals surface area contributed by atoms with E-state index < -0.39 is 0 Å². The van der Waals surface area contributed by atoms with Crippen molar-refractivity contribution in [1.29, 1.82) is 0 Å². The fourth-order valence-electron chi connectivity index (χ4n) is 2.05. The minimum Gasteiger partial charge on any atom is -0.497 e. The van der Waals surface area contributed by atoms with Crippen molar-refractivity contribution in [2.24, 2.45) is 0 Å². The van der Waals surface area contributed by atoms with Crippen LogP contribution in [0.15, 0.2) is 22.7 Å². The van der Waals surface area contributed by atoms with Crippen LogP contribution in [0, 0.1) is 0 Å². The zero-order valence-electron chi connectivity index (χ0n) is 10.4. The molecular formula is C13H19BrN2O. The number of hydrogen-bond acceptors (Lipinski definition) is 3. The lowest BCUT2D eigenvalue weighted by atomic mass is 10.1. The maximum atomic E-state index is 5.27. The standard InChI is InChI=1S/C13H19BrN2O/c1-3-16(11-7-15-8-11)9-10-6-12(17-2)4-5-13(10)14/h4-6,11,15H,3,7-9H2,1-2H3. The van der Waals surface area contributed by atoms with Crippen molar-refractivity contribution in [1.82, 2.24) is 10.2 Å². The normalized spacial score (nSPS) is 16.0. The third-order valence-corrected chi connectivity index (χ3v) is 4.08. The summed E-state index contributed by atoms with van der Waals surface area (Å²) >= 11 is 3.61. The summed E-state index contributed by atoms with van der Waals surface area (Å²) in [5.41, 5.74) is 1.29. The zero-order valence-corrected chi connectivity index (χ0v) is 12.0. The average molecular weight is 299 g/mol. The summed E-state index contributed by atoms with van der Waals surface area (Å²) in [6.07, 6.45) is 0. The Morgan fingerprint density at radius 3 is 2.76 bits per heavy atom. The highest BCUT2D eigenvalue weighted by atomic mass is 79.9. The number of nitrogens with zero attached hydrogens (tertiary/aromatic N) is 1. The van der Waals surface area contributed by atoms with E-state index in [1.807, 2.05) is 6.07 Å². The lowest BCUT2D eigenvalue weighted by molar-refractivity contribution is 0.145. The van der Waals surface area contributed by atoms with E-state index in [1.165, 1.54) is 5.56 Å². The Morgan fingerprint density at radius 2 is 2.24 bits per heavy atom. The first-order valence-electron chi connectivity index (χ1n) is 6.01. The number of ether oxygens (including phenoxy) is 1. The molecule has 1 aromatic carbocycles. The number of likely N-dealkylation sites (N-methyl/N-ethyl adjacent to an activating group) is 1. The van der Waals surface area contributed by atoms with Gasteiger partial charge in [0.05, 0.1) is 7.11 Å². The number of hydrogen-bond donors (Lipinski definition) is 1. The third-order valence-electron chi connectivity index (χ3n) is 3.31. The second-order valence-electron chi connectivity index (χ2n) is 4.33. The van der Waals surface area contributed by atoms with E-state index in [1.54, 1.807) is 7.11 Å². The Hall–Kier alpha value is -0.580. The molecule has 1 heterocycles. The van der Waals surface area contributed by atoms with Gasteiger partial charge in [-0.05, 0) is 30.3 Å². The molecule has 17 heavy (non-hydrogen) atoms. The minimum atomic E-state index is 0.679. The van der Waals surface area contributed by atoms with Crippen molar-refractivity contribution in [2.45, 2.75) is 19.5 Å². The van der Waals surface area contributed by atoms with E-state index >= 15 is 0 Å². The van der Waals surface area contributed by atoms with Crippen LogP contribution >= 0.6 is 15.9 Å². The van der Waals surface area contributed by atoms with E-state index in [-0.39, 0.29) is 0 Å². The lowest BCUT2D eigenvalue weighted by Gasteiger charge is -2.37. The molecule has 0 atom stereocenters. The minimum absolute atomic E-state index is 0.679. The largest absolute Gasteiger partial charge is 0.497 e. The number of nitrogens with one attached hydrogen (secondary N) is 1. The van der Waals surface area contributed by atoms with E-state index in [0.29, 0.717) is 6.04 Å². The summed E-state index contributed by atoms with van der Waals surface area (Å²) in [7, 11) is 1.71. The van der Waals surface area contributed by atoms with Crippen LogP contribution in [-0.2, 0) is 6.54 Å². The van der Waals surface area contributed by atoms with Gasteiger partial charge in [0.25, 0.3) is 0 Å². The Balaban J connectivity index is 2.09. The highest BCUT2D eigenvalue weighted by Crippen LogP contribution is 2.24. The summed E-state index contributed by atoms with van der Waals surface area (Å²) in [5, 5.41) is 3.32. The van der Waals surface area contributed by atoms with Crippen LogP contribution < -0.4 is 10.1 Å². The molecule has 1 aliphatic rings. The number of rotatable bonds is 5. The van der Waals surface area contributed by atoms with Gasteiger partial charge in [0.15, 0.2) is 0 Å². The predicted molar refractivity (Wildman–Crippen MR) is 73.4 cm³/mol. The van der Waals surface area contributed by atoms with Crippen LogP contribution in [0.1, 0.15) is 12.5 Å². The van der Waals surface area contributed by atoms with Gasteiger partial charge >= 0.3 is 0 Å². The molecular weight excluding hydrogens is 280 g/mol. The Labute approximate surface area is 111 Å². The molecule has 0 aliphatic carbocycles. The lowest BCUT2D eigenvalue weighted by Crippen LogP contribution is -2.56. The third kappa shape index (κ3) is 3.00. The van der Waals surface area contributed by atoms with Gasteiger partial charge in [-0.25, -0.2) is 0 Å². The molecule has 0 saturated carbocycles. The van der Waals surface area contributed by atoms with Crippen LogP contribution in [0.2, 0.25) is 0 Å². The van der Waals surface area contributed by atoms with E-state index in [0.717, 1.165) is 36.4 Å². The van der Waals surface area contributed by atoms with Crippen LogP contribution in [0.5, 0.6) is 5.75 Å². The van der Waals surface area contributed by atoms with E-state index in [4.69, 9.17) is 4.74 Å². The second kappa shape index (κ2) is 5.85. The van der Waals surface area contributed by atoms with Crippen LogP contribution in [0.25, 0.3) is 0 Å². The molecule has 0 aromatic heterocycles. The van der Waals surface area contributed by atoms with Crippen LogP contribution in [0.4, 0.5) is 0 Å². The first-order valence-corrected chi connectivity index (χ1v) is 6.81. The highest BCUT2D eigenvalue weighted by Gasteiger charge is 2.23. The van der Waals surface area contributed by atoms with Gasteiger partial charge in [-0.2, -0.15) is 0 Å². The number of benzene rings is 1.